The Morgan fingerprint density at radius 1 is 1.07 bits per heavy atom. The van der Waals surface area contributed by atoms with Gasteiger partial charge in [0.05, 0.1) is 36.3 Å². The van der Waals surface area contributed by atoms with Gasteiger partial charge in [-0.25, -0.2) is 4.98 Å². The first kappa shape index (κ1) is 17.2. The van der Waals surface area contributed by atoms with Crippen molar-refractivity contribution in [3.8, 4) is 28.5 Å². The number of benzene rings is 2. The number of nitrogens with two attached hydrogens (primary N) is 1. The first-order valence-corrected chi connectivity index (χ1v) is 9.15. The van der Waals surface area contributed by atoms with E-state index in [-0.39, 0.29) is 5.88 Å². The van der Waals surface area contributed by atoms with Gasteiger partial charge in [0.15, 0.2) is 0 Å². The van der Waals surface area contributed by atoms with Crippen molar-refractivity contribution in [1.29, 1.82) is 0 Å². The Kier molecular flexibility index (Phi) is 3.74. The smallest absolute Gasteiger partial charge is 0.207 e. The topological polar surface area (TPSA) is 82.5 Å². The Balaban J connectivity index is 1.83. The highest BCUT2D eigenvalue weighted by molar-refractivity contribution is 6.13. The van der Waals surface area contributed by atoms with E-state index in [0.717, 1.165) is 33.5 Å². The maximum absolute atomic E-state index is 10.7. The van der Waals surface area contributed by atoms with Gasteiger partial charge < -0.3 is 20.3 Å². The zero-order valence-corrected chi connectivity index (χ0v) is 16.0. The predicted octanol–water partition coefficient (Wildman–Crippen LogP) is 4.57. The quantitative estimate of drug-likeness (QED) is 0.538. The minimum atomic E-state index is 0.0897. The number of aromatic nitrogens is 2. The van der Waals surface area contributed by atoms with Crippen molar-refractivity contribution < 1.29 is 14.6 Å². The normalized spacial score (nSPS) is 12.8. The van der Waals surface area contributed by atoms with Crippen LogP contribution in [0.1, 0.15) is 0 Å². The molecule has 0 bridgehead atoms. The summed E-state index contributed by atoms with van der Waals surface area (Å²) in [4.78, 5) is 4.86. The van der Waals surface area contributed by atoms with Crippen molar-refractivity contribution in [2.24, 2.45) is 0 Å². The molecule has 1 aliphatic rings. The Morgan fingerprint density at radius 3 is 2.59 bits per heavy atom. The van der Waals surface area contributed by atoms with Crippen LogP contribution in [-0.4, -0.2) is 28.9 Å². The molecule has 2 aromatic carbocycles. The molecule has 0 atom stereocenters. The van der Waals surface area contributed by atoms with Gasteiger partial charge in [-0.2, -0.15) is 0 Å². The first-order chi connectivity index (χ1) is 14.1. The molecular weight excluding hydrogens is 366 g/mol. The lowest BCUT2D eigenvalue weighted by molar-refractivity contribution is 0.404. The van der Waals surface area contributed by atoms with Gasteiger partial charge in [-0.15, -0.1) is 0 Å². The van der Waals surface area contributed by atoms with Crippen LogP contribution in [-0.2, 0) is 0 Å². The number of fused-ring (bicyclic) bond motifs is 2. The summed E-state index contributed by atoms with van der Waals surface area (Å²) < 4.78 is 12.7. The van der Waals surface area contributed by atoms with Crippen LogP contribution >= 0.6 is 0 Å². The van der Waals surface area contributed by atoms with Crippen LogP contribution < -0.4 is 15.2 Å². The number of nitrogens with zero attached hydrogens (tertiary/aromatic N) is 2. The van der Waals surface area contributed by atoms with Gasteiger partial charge in [0.25, 0.3) is 0 Å². The molecule has 0 unspecified atom stereocenters. The van der Waals surface area contributed by atoms with Crippen molar-refractivity contribution in [3.63, 3.8) is 0 Å². The minimum absolute atomic E-state index is 0.0897. The molecule has 144 valence electrons. The number of hydrogen-bond donors (Lipinski definition) is 2. The molecule has 0 aliphatic heterocycles. The third kappa shape index (κ3) is 2.46. The van der Waals surface area contributed by atoms with E-state index in [9.17, 15) is 5.11 Å². The van der Waals surface area contributed by atoms with E-state index in [0.29, 0.717) is 22.3 Å². The summed E-state index contributed by atoms with van der Waals surface area (Å²) in [7, 11) is 3.26. The van der Waals surface area contributed by atoms with Gasteiger partial charge in [-0.1, -0.05) is 24.3 Å². The monoisotopic (exact) mass is 385 g/mol. The molecule has 6 heteroatoms. The van der Waals surface area contributed by atoms with E-state index in [2.05, 4.69) is 0 Å². The largest absolute Gasteiger partial charge is 0.497 e. The molecule has 0 amide bonds. The van der Waals surface area contributed by atoms with E-state index in [1.54, 1.807) is 25.0 Å². The maximum atomic E-state index is 10.7. The number of anilines is 1. The molecule has 5 rings (SSSR count). The fourth-order valence-electron chi connectivity index (χ4n) is 3.74. The van der Waals surface area contributed by atoms with Crippen molar-refractivity contribution in [2.45, 2.75) is 0 Å². The summed E-state index contributed by atoms with van der Waals surface area (Å²) in [6, 6.07) is 11.4. The van der Waals surface area contributed by atoms with E-state index in [1.807, 2.05) is 54.6 Å². The predicted molar refractivity (Wildman–Crippen MR) is 115 cm³/mol. The van der Waals surface area contributed by atoms with Gasteiger partial charge in [-0.05, 0) is 30.4 Å². The molecule has 3 N–H and O–H groups in total. The van der Waals surface area contributed by atoms with Crippen LogP contribution in [0.4, 0.5) is 5.69 Å². The fraction of sp³-hybridized carbons (Fsp3) is 0.0870. The number of rotatable bonds is 4. The summed E-state index contributed by atoms with van der Waals surface area (Å²) in [5.74, 6) is 1.52. The standard InChI is InChI=1S/C23H19N3O3/c1-28-14-9-10-19(29-2)17(11-14)15-7-4-8-16-21(24)20-18(25-22(15)16)12-26(23(20)27)13-5-3-6-13/h3-12,27H,24H2,1-2H3. The average molecular weight is 385 g/mol. The number of ether oxygens (including phenoxy) is 2. The highest BCUT2D eigenvalue weighted by Gasteiger charge is 2.20. The zero-order valence-electron chi connectivity index (χ0n) is 16.0. The van der Waals surface area contributed by atoms with Gasteiger partial charge in [0.2, 0.25) is 5.88 Å². The van der Waals surface area contributed by atoms with Crippen molar-refractivity contribution in [2.75, 3.05) is 20.0 Å². The Hall–Kier alpha value is -3.93. The van der Waals surface area contributed by atoms with Crippen molar-refractivity contribution in [3.05, 3.63) is 60.8 Å². The van der Waals surface area contributed by atoms with Gasteiger partial charge >= 0.3 is 0 Å². The molecule has 0 saturated carbocycles. The van der Waals surface area contributed by atoms with Gasteiger partial charge in [0, 0.05) is 28.4 Å². The number of allylic oxidation sites excluding steroid dienone is 4. The lowest BCUT2D eigenvalue weighted by Crippen LogP contribution is -1.96. The second-order valence-electron chi connectivity index (χ2n) is 6.83. The molecular formula is C23H19N3O3. The summed E-state index contributed by atoms with van der Waals surface area (Å²) in [6.07, 6.45) is 7.55. The third-order valence-electron chi connectivity index (χ3n) is 5.30. The molecule has 1 aliphatic carbocycles. The number of aromatic hydroxyl groups is 1. The van der Waals surface area contributed by atoms with E-state index in [4.69, 9.17) is 20.2 Å². The van der Waals surface area contributed by atoms with E-state index >= 15 is 0 Å². The molecule has 4 aromatic rings. The van der Waals surface area contributed by atoms with Crippen LogP contribution in [0.25, 0.3) is 38.6 Å². The first-order valence-electron chi connectivity index (χ1n) is 9.15. The van der Waals surface area contributed by atoms with Crippen LogP contribution in [0.2, 0.25) is 0 Å². The summed E-state index contributed by atoms with van der Waals surface area (Å²) in [6.45, 7) is 0. The van der Waals surface area contributed by atoms with Crippen LogP contribution in [0.5, 0.6) is 17.4 Å². The number of hydrogen-bond acceptors (Lipinski definition) is 5. The molecule has 2 aromatic heterocycles. The highest BCUT2D eigenvalue weighted by atomic mass is 16.5. The van der Waals surface area contributed by atoms with Crippen molar-refractivity contribution >= 4 is 33.2 Å². The number of para-hydroxylation sites is 1. The van der Waals surface area contributed by atoms with Crippen molar-refractivity contribution in [1.82, 2.24) is 9.55 Å². The molecule has 0 saturated heterocycles. The summed E-state index contributed by atoms with van der Waals surface area (Å²) >= 11 is 0. The maximum Gasteiger partial charge on any atom is 0.207 e. The SMILES string of the molecule is COc1ccc(OC)c(-c2cccc3c(N)c4c(O)n(C5=CC=C5)cc4nc23)c1. The Labute approximate surface area is 167 Å². The third-order valence-corrected chi connectivity index (χ3v) is 5.30. The molecule has 2 heterocycles. The molecule has 29 heavy (non-hydrogen) atoms. The van der Waals surface area contributed by atoms with Gasteiger partial charge in [0.1, 0.15) is 11.5 Å². The lowest BCUT2D eigenvalue weighted by atomic mass is 9.99. The second-order valence-corrected chi connectivity index (χ2v) is 6.83. The second kappa shape index (κ2) is 6.31. The zero-order chi connectivity index (χ0) is 20.1. The fourth-order valence-corrected chi connectivity index (χ4v) is 3.74. The van der Waals surface area contributed by atoms with Gasteiger partial charge in [-0.3, -0.25) is 4.57 Å². The lowest BCUT2D eigenvalue weighted by Gasteiger charge is -2.13. The molecule has 0 fully saturated rings. The average Bonchev–Trinajstić information content (AvgIpc) is 3.02. The highest BCUT2D eigenvalue weighted by Crippen LogP contribution is 2.42. The number of nitrogen functional groups attached to an aromatic ring is 1. The number of pyridine rings is 1. The summed E-state index contributed by atoms with van der Waals surface area (Å²) in [5, 5.41) is 12.1. The Morgan fingerprint density at radius 2 is 1.90 bits per heavy atom. The molecule has 0 radical (unpaired) electrons. The van der Waals surface area contributed by atoms with E-state index in [1.165, 1.54) is 0 Å². The Bertz CT molecular complexity index is 1350. The van der Waals surface area contributed by atoms with Crippen LogP contribution in [0, 0.1) is 0 Å². The minimum Gasteiger partial charge on any atom is -0.497 e. The molecule has 6 nitrogen and oxygen atoms in total. The number of methoxy groups -OCH3 is 2. The molecule has 0 spiro atoms. The summed E-state index contributed by atoms with van der Waals surface area (Å²) in [5.41, 5.74) is 11.0. The van der Waals surface area contributed by atoms with E-state index < -0.39 is 0 Å². The van der Waals surface area contributed by atoms with Crippen LogP contribution in [0.3, 0.4) is 0 Å². The van der Waals surface area contributed by atoms with Crippen LogP contribution in [0.15, 0.2) is 60.8 Å².